The maximum absolute atomic E-state index is 13.4. The van der Waals surface area contributed by atoms with Gasteiger partial charge in [-0.15, -0.1) is 0 Å². The minimum absolute atomic E-state index is 0.0611. The van der Waals surface area contributed by atoms with Crippen LogP contribution in [0.25, 0.3) is 0 Å². The molecule has 0 aliphatic carbocycles. The van der Waals surface area contributed by atoms with Gasteiger partial charge >= 0.3 is 5.97 Å². The van der Waals surface area contributed by atoms with Crippen LogP contribution in [-0.4, -0.2) is 37.4 Å². The number of ketones is 1. The normalized spacial score (nSPS) is 17.6. The lowest BCUT2D eigenvalue weighted by Gasteiger charge is -2.31. The Morgan fingerprint density at radius 3 is 2.20 bits per heavy atom. The van der Waals surface area contributed by atoms with Crippen LogP contribution in [0.2, 0.25) is 0 Å². The van der Waals surface area contributed by atoms with Gasteiger partial charge in [-0.05, 0) is 47.5 Å². The van der Waals surface area contributed by atoms with E-state index in [4.69, 9.17) is 14.2 Å². The van der Waals surface area contributed by atoms with Crippen molar-refractivity contribution in [3.05, 3.63) is 40.0 Å². The van der Waals surface area contributed by atoms with Crippen molar-refractivity contribution in [2.45, 2.75) is 73.2 Å². The van der Waals surface area contributed by atoms with Crippen molar-refractivity contribution >= 4 is 40.6 Å². The molecule has 0 spiro atoms. The summed E-state index contributed by atoms with van der Waals surface area (Å²) >= 11 is 2.14. The third-order valence-electron chi connectivity index (χ3n) is 6.49. The van der Waals surface area contributed by atoms with Crippen LogP contribution in [0.3, 0.4) is 0 Å². The summed E-state index contributed by atoms with van der Waals surface area (Å²) in [7, 11) is 1.61. The van der Waals surface area contributed by atoms with Crippen molar-refractivity contribution < 1.29 is 28.6 Å². The molecule has 1 aromatic rings. The Morgan fingerprint density at radius 2 is 1.69 bits per heavy atom. The Bertz CT molecular complexity index is 821. The van der Waals surface area contributed by atoms with Gasteiger partial charge in [-0.3, -0.25) is 9.59 Å². The van der Waals surface area contributed by atoms with Gasteiger partial charge in [0.25, 0.3) is 0 Å². The van der Waals surface area contributed by atoms with Crippen LogP contribution in [0, 0.1) is 29.6 Å². The highest BCUT2D eigenvalue weighted by atomic mass is 127. The molecule has 0 amide bonds. The van der Waals surface area contributed by atoms with Gasteiger partial charge < -0.3 is 19.0 Å². The van der Waals surface area contributed by atoms with Crippen LogP contribution in [-0.2, 0) is 30.5 Å². The number of halogens is 1. The average Bonchev–Trinajstić information content (AvgIpc) is 2.86. The Balaban J connectivity index is 2.99. The molecule has 0 saturated heterocycles. The molecular formula is C28H41IO6. The zero-order valence-electron chi connectivity index (χ0n) is 22.0. The van der Waals surface area contributed by atoms with E-state index < -0.39 is 23.9 Å². The van der Waals surface area contributed by atoms with Gasteiger partial charge in [-0.1, -0.05) is 75.4 Å². The number of hydrogen-bond acceptors (Lipinski definition) is 6. The molecule has 0 heterocycles. The molecule has 0 aliphatic rings. The Morgan fingerprint density at radius 1 is 1.06 bits per heavy atom. The highest BCUT2D eigenvalue weighted by Gasteiger charge is 2.36. The van der Waals surface area contributed by atoms with Crippen LogP contribution in [0.15, 0.2) is 34.4 Å². The molecule has 6 nitrogen and oxygen atoms in total. The minimum Gasteiger partial charge on any atom is -0.497 e. The van der Waals surface area contributed by atoms with Crippen LogP contribution >= 0.6 is 22.6 Å². The Hall–Kier alpha value is -1.74. The molecule has 0 bridgehead atoms. The van der Waals surface area contributed by atoms with Gasteiger partial charge in [-0.2, -0.15) is 0 Å². The van der Waals surface area contributed by atoms with E-state index >= 15 is 0 Å². The van der Waals surface area contributed by atoms with Gasteiger partial charge in [-0.25, -0.2) is 0 Å². The second kappa shape index (κ2) is 16.1. The number of hydrogen-bond donors (Lipinski definition) is 0. The van der Waals surface area contributed by atoms with Gasteiger partial charge in [0, 0.05) is 17.8 Å². The number of methoxy groups -OCH3 is 1. The van der Waals surface area contributed by atoms with Crippen molar-refractivity contribution in [2.24, 2.45) is 29.6 Å². The number of rotatable bonds is 16. The first-order chi connectivity index (χ1) is 16.6. The molecule has 35 heavy (non-hydrogen) atoms. The SMILES string of the molecule is CC[C@@H](OC(=O)C(C)C(=O)[C@H](C)[C@@H](OCc1ccc(OC)cc1)[C@@H](C)C[C@@H](C)C=O)[C@H](C)/C=C/I. The van der Waals surface area contributed by atoms with Crippen LogP contribution in [0.1, 0.15) is 59.9 Å². The molecule has 7 atom stereocenters. The average molecular weight is 601 g/mol. The van der Waals surface area contributed by atoms with E-state index in [0.717, 1.165) is 17.6 Å². The van der Waals surface area contributed by atoms with Gasteiger partial charge in [0.2, 0.25) is 0 Å². The summed E-state index contributed by atoms with van der Waals surface area (Å²) in [6.07, 6.45) is 3.42. The van der Waals surface area contributed by atoms with E-state index in [1.807, 2.05) is 62.1 Å². The number of Topliss-reactive ketones (excluding diaryl/α,β-unsaturated/α-hetero) is 1. The predicted octanol–water partition coefficient (Wildman–Crippen LogP) is 6.19. The van der Waals surface area contributed by atoms with Crippen LogP contribution < -0.4 is 4.74 Å². The molecule has 1 unspecified atom stereocenters. The first kappa shape index (κ1) is 31.3. The smallest absolute Gasteiger partial charge is 0.316 e. The molecule has 0 aromatic heterocycles. The fourth-order valence-corrected chi connectivity index (χ4v) is 4.87. The maximum Gasteiger partial charge on any atom is 0.316 e. The highest BCUT2D eigenvalue weighted by molar-refractivity contribution is 14.1. The van der Waals surface area contributed by atoms with Crippen LogP contribution in [0.4, 0.5) is 0 Å². The third kappa shape index (κ3) is 10.0. The molecule has 7 heteroatoms. The largest absolute Gasteiger partial charge is 0.497 e. The molecule has 0 fully saturated rings. The first-order valence-electron chi connectivity index (χ1n) is 12.3. The van der Waals surface area contributed by atoms with Crippen molar-refractivity contribution in [3.63, 3.8) is 0 Å². The quantitative estimate of drug-likeness (QED) is 0.0975. The van der Waals surface area contributed by atoms with Crippen molar-refractivity contribution in [2.75, 3.05) is 7.11 Å². The molecule has 0 radical (unpaired) electrons. The lowest BCUT2D eigenvalue weighted by molar-refractivity contribution is -0.160. The van der Waals surface area contributed by atoms with Gasteiger partial charge in [0.15, 0.2) is 5.78 Å². The molecule has 0 aliphatic heterocycles. The summed E-state index contributed by atoms with van der Waals surface area (Å²) < 4.78 is 19.1. The third-order valence-corrected chi connectivity index (χ3v) is 6.91. The monoisotopic (exact) mass is 600 g/mol. The zero-order chi connectivity index (χ0) is 26.5. The fraction of sp³-hybridized carbons (Fsp3) is 0.607. The summed E-state index contributed by atoms with van der Waals surface area (Å²) in [4.78, 5) is 37.5. The summed E-state index contributed by atoms with van der Waals surface area (Å²) in [6.45, 7) is 11.5. The van der Waals surface area contributed by atoms with Gasteiger partial charge in [0.1, 0.15) is 24.1 Å². The Labute approximate surface area is 224 Å². The number of esters is 1. The number of carbonyl (C=O) groups excluding carboxylic acids is 3. The summed E-state index contributed by atoms with van der Waals surface area (Å²) in [5.74, 6) is -1.58. The first-order valence-corrected chi connectivity index (χ1v) is 13.5. The molecular weight excluding hydrogens is 559 g/mol. The van der Waals surface area contributed by atoms with E-state index in [0.29, 0.717) is 19.4 Å². The molecule has 1 rings (SSSR count). The summed E-state index contributed by atoms with van der Waals surface area (Å²) in [5.41, 5.74) is 0.946. The number of carbonyl (C=O) groups is 3. The zero-order valence-corrected chi connectivity index (χ0v) is 24.2. The van der Waals surface area contributed by atoms with Crippen molar-refractivity contribution in [1.82, 2.24) is 0 Å². The molecule has 0 N–H and O–H groups in total. The predicted molar refractivity (Wildman–Crippen MR) is 146 cm³/mol. The lowest BCUT2D eigenvalue weighted by atomic mass is 9.82. The van der Waals surface area contributed by atoms with Crippen LogP contribution in [0.5, 0.6) is 5.75 Å². The molecule has 196 valence electrons. The lowest BCUT2D eigenvalue weighted by Crippen LogP contribution is -2.40. The fourth-order valence-electron chi connectivity index (χ4n) is 4.22. The van der Waals surface area contributed by atoms with E-state index in [2.05, 4.69) is 22.6 Å². The highest BCUT2D eigenvalue weighted by Crippen LogP contribution is 2.28. The standard InChI is InChI=1S/C28H41IO6/c1-8-25(19(3)13-14-29)35-28(32)22(6)26(31)21(5)27(20(4)15-18(2)16-30)34-17-23-9-11-24(33-7)12-10-23/h9-14,16,18-22,25,27H,8,15,17H2,1-7H3/b14-13+/t18-,19-,20+,21+,22?,25-,27+/m1/s1. The summed E-state index contributed by atoms with van der Waals surface area (Å²) in [5, 5.41) is 0. The van der Waals surface area contributed by atoms with E-state index in [1.165, 1.54) is 0 Å². The maximum atomic E-state index is 13.4. The topological polar surface area (TPSA) is 78.9 Å². The minimum atomic E-state index is -0.905. The van der Waals surface area contributed by atoms with Crippen molar-refractivity contribution in [1.29, 1.82) is 0 Å². The molecule has 0 saturated carbocycles. The molecule has 1 aromatic carbocycles. The van der Waals surface area contributed by atoms with Gasteiger partial charge in [0.05, 0.1) is 19.8 Å². The van der Waals surface area contributed by atoms with E-state index in [-0.39, 0.29) is 29.6 Å². The second-order valence-corrected chi connectivity index (χ2v) is 10.1. The van der Waals surface area contributed by atoms with Crippen molar-refractivity contribution in [3.8, 4) is 5.75 Å². The van der Waals surface area contributed by atoms with E-state index in [9.17, 15) is 14.4 Å². The second-order valence-electron chi connectivity index (χ2n) is 9.42. The number of benzene rings is 1. The van der Waals surface area contributed by atoms with E-state index in [1.54, 1.807) is 21.0 Å². The number of ether oxygens (including phenoxy) is 3. The Kier molecular flexibility index (Phi) is 14.4. The number of aldehydes is 1. The summed E-state index contributed by atoms with van der Waals surface area (Å²) in [6, 6.07) is 7.54.